The van der Waals surface area contributed by atoms with Gasteiger partial charge >= 0.3 is 0 Å². The van der Waals surface area contributed by atoms with Crippen LogP contribution in [0.15, 0.2) is 24.3 Å². The Bertz CT molecular complexity index is 706. The molecule has 0 N–H and O–H groups in total. The summed E-state index contributed by atoms with van der Waals surface area (Å²) in [6, 6.07) is 6.79. The second kappa shape index (κ2) is 6.67. The van der Waals surface area contributed by atoms with E-state index in [-0.39, 0.29) is 17.7 Å². The smallest absolute Gasteiger partial charge is 0.253 e. The summed E-state index contributed by atoms with van der Waals surface area (Å²) in [4.78, 5) is 42.2. The Kier molecular flexibility index (Phi) is 4.73. The van der Waals surface area contributed by atoms with Gasteiger partial charge in [0.05, 0.1) is 0 Å². The lowest BCUT2D eigenvalue weighted by molar-refractivity contribution is -0.130. The van der Waals surface area contributed by atoms with Gasteiger partial charge in [-0.05, 0) is 24.3 Å². The third kappa shape index (κ3) is 3.63. The molecule has 2 heterocycles. The van der Waals surface area contributed by atoms with Crippen LogP contribution in [-0.2, 0) is 9.59 Å². The van der Waals surface area contributed by atoms with Crippen molar-refractivity contribution in [3.63, 3.8) is 0 Å². The number of carbonyl (C=O) groups is 3. The Morgan fingerprint density at radius 3 is 2.20 bits per heavy atom. The molecule has 1 atom stereocenters. The van der Waals surface area contributed by atoms with Crippen molar-refractivity contribution in [3.05, 3.63) is 34.9 Å². The van der Waals surface area contributed by atoms with Gasteiger partial charge in [-0.3, -0.25) is 14.4 Å². The molecule has 0 bridgehead atoms. The molecule has 0 saturated carbocycles. The molecule has 6 nitrogen and oxygen atoms in total. The summed E-state index contributed by atoms with van der Waals surface area (Å²) in [5.41, 5.74) is 0.157. The summed E-state index contributed by atoms with van der Waals surface area (Å²) in [6.07, 6.45) is 0.359. The topological polar surface area (TPSA) is 60.9 Å². The fraction of sp³-hybridized carbons (Fsp3) is 0.500. The molecule has 3 rings (SSSR count). The van der Waals surface area contributed by atoms with Crippen LogP contribution in [-0.4, -0.2) is 72.2 Å². The van der Waals surface area contributed by atoms with Gasteiger partial charge in [0.2, 0.25) is 11.8 Å². The summed E-state index contributed by atoms with van der Waals surface area (Å²) < 4.78 is 0. The molecule has 0 aromatic heterocycles. The number of rotatable bonds is 1. The lowest BCUT2D eigenvalue weighted by atomic mass is 9.85. The minimum absolute atomic E-state index is 0.0258. The van der Waals surface area contributed by atoms with Crippen LogP contribution < -0.4 is 0 Å². The summed E-state index contributed by atoms with van der Waals surface area (Å²) in [5, 5.41) is 0.578. The number of hydrogen-bond donors (Lipinski definition) is 0. The van der Waals surface area contributed by atoms with Gasteiger partial charge in [0, 0.05) is 69.1 Å². The number of nitrogens with zero attached hydrogens (tertiary/aromatic N) is 3. The van der Waals surface area contributed by atoms with Crippen molar-refractivity contribution in [3.8, 4) is 0 Å². The Hall–Kier alpha value is -2.08. The monoisotopic (exact) mass is 363 g/mol. The maximum atomic E-state index is 12.9. The van der Waals surface area contributed by atoms with Crippen LogP contribution in [0, 0.1) is 5.41 Å². The van der Waals surface area contributed by atoms with Crippen molar-refractivity contribution in [1.29, 1.82) is 0 Å². The second-order valence-electron chi connectivity index (χ2n) is 7.10. The van der Waals surface area contributed by atoms with E-state index in [1.54, 1.807) is 46.0 Å². The van der Waals surface area contributed by atoms with Crippen LogP contribution in [0.3, 0.4) is 0 Å². The normalized spacial score (nSPS) is 24.0. The van der Waals surface area contributed by atoms with E-state index in [0.717, 1.165) is 0 Å². The molecule has 7 heteroatoms. The van der Waals surface area contributed by atoms with E-state index in [1.807, 2.05) is 0 Å². The number of hydrogen-bond acceptors (Lipinski definition) is 3. The molecule has 1 spiro atoms. The molecule has 0 unspecified atom stereocenters. The zero-order valence-electron chi connectivity index (χ0n) is 14.5. The van der Waals surface area contributed by atoms with Gasteiger partial charge < -0.3 is 14.7 Å². The zero-order valence-corrected chi connectivity index (χ0v) is 15.3. The predicted octanol–water partition coefficient (Wildman–Crippen LogP) is 1.49. The number of likely N-dealkylation sites (tertiary alicyclic amines) is 1. The average molecular weight is 364 g/mol. The van der Waals surface area contributed by atoms with Gasteiger partial charge in [0.1, 0.15) is 0 Å². The van der Waals surface area contributed by atoms with E-state index >= 15 is 0 Å². The molecule has 2 fully saturated rings. The fourth-order valence-corrected chi connectivity index (χ4v) is 3.92. The Balaban J connectivity index is 1.87. The lowest BCUT2D eigenvalue weighted by Crippen LogP contribution is -2.44. The first kappa shape index (κ1) is 17.7. The summed E-state index contributed by atoms with van der Waals surface area (Å²) >= 11 is 5.90. The van der Waals surface area contributed by atoms with Crippen LogP contribution in [0.25, 0.3) is 0 Å². The van der Waals surface area contributed by atoms with Crippen LogP contribution in [0.1, 0.15) is 23.7 Å². The Morgan fingerprint density at radius 1 is 1.04 bits per heavy atom. The van der Waals surface area contributed by atoms with Crippen molar-refractivity contribution in [2.45, 2.75) is 13.3 Å². The summed E-state index contributed by atoms with van der Waals surface area (Å²) in [5.74, 6) is -0.0603. The fourth-order valence-electron chi connectivity index (χ4n) is 3.79. The Labute approximate surface area is 152 Å². The van der Waals surface area contributed by atoms with E-state index in [1.165, 1.54) is 6.92 Å². The lowest BCUT2D eigenvalue weighted by Gasteiger charge is -2.33. The zero-order chi connectivity index (χ0) is 18.2. The standard InChI is InChI=1S/C18H22ClN3O3/c1-13(23)21-7-8-22(17(25)14-3-5-15(19)6-4-14)12-18(11-21)9-16(24)20(2)10-18/h3-6H,7-12H2,1-2H3/t18-/m0/s1. The van der Waals surface area contributed by atoms with E-state index in [0.29, 0.717) is 49.7 Å². The van der Waals surface area contributed by atoms with E-state index in [4.69, 9.17) is 11.6 Å². The molecule has 25 heavy (non-hydrogen) atoms. The third-order valence-electron chi connectivity index (χ3n) is 5.04. The van der Waals surface area contributed by atoms with Gasteiger partial charge in [-0.25, -0.2) is 0 Å². The first-order chi connectivity index (χ1) is 11.8. The maximum Gasteiger partial charge on any atom is 0.253 e. The average Bonchev–Trinajstić information content (AvgIpc) is 2.72. The minimum atomic E-state index is -0.407. The molecule has 1 aromatic rings. The molecule has 3 amide bonds. The van der Waals surface area contributed by atoms with Crippen LogP contribution >= 0.6 is 11.6 Å². The number of benzene rings is 1. The van der Waals surface area contributed by atoms with Gasteiger partial charge in [-0.15, -0.1) is 0 Å². The molecular weight excluding hydrogens is 342 g/mol. The Morgan fingerprint density at radius 2 is 1.64 bits per heavy atom. The highest BCUT2D eigenvalue weighted by Crippen LogP contribution is 2.34. The number of carbonyl (C=O) groups excluding carboxylic acids is 3. The van der Waals surface area contributed by atoms with Crippen molar-refractivity contribution in [2.24, 2.45) is 5.41 Å². The molecule has 2 saturated heterocycles. The molecule has 1 aromatic carbocycles. The third-order valence-corrected chi connectivity index (χ3v) is 5.29. The molecule has 2 aliphatic rings. The van der Waals surface area contributed by atoms with Crippen molar-refractivity contribution in [2.75, 3.05) is 39.8 Å². The first-order valence-corrected chi connectivity index (χ1v) is 8.72. The van der Waals surface area contributed by atoms with Crippen LogP contribution in [0.2, 0.25) is 5.02 Å². The van der Waals surface area contributed by atoms with Gasteiger partial charge in [-0.2, -0.15) is 0 Å². The highest BCUT2D eigenvalue weighted by molar-refractivity contribution is 6.30. The molecule has 0 radical (unpaired) electrons. The van der Waals surface area contributed by atoms with E-state index < -0.39 is 5.41 Å². The number of amides is 3. The SMILES string of the molecule is CC(=O)N1CCN(C(=O)c2ccc(Cl)cc2)C[C@]2(CC(=O)N(C)C2)C1. The van der Waals surface area contributed by atoms with Gasteiger partial charge in [0.25, 0.3) is 5.91 Å². The predicted molar refractivity (Wildman–Crippen MR) is 94.3 cm³/mol. The van der Waals surface area contributed by atoms with Crippen molar-refractivity contribution < 1.29 is 14.4 Å². The summed E-state index contributed by atoms with van der Waals surface area (Å²) in [6.45, 7) is 4.00. The van der Waals surface area contributed by atoms with Gasteiger partial charge in [-0.1, -0.05) is 11.6 Å². The molecular formula is C18H22ClN3O3. The summed E-state index contributed by atoms with van der Waals surface area (Å²) in [7, 11) is 1.77. The van der Waals surface area contributed by atoms with Gasteiger partial charge in [0.15, 0.2) is 0 Å². The largest absolute Gasteiger partial charge is 0.345 e. The van der Waals surface area contributed by atoms with Crippen LogP contribution in [0.4, 0.5) is 0 Å². The maximum absolute atomic E-state index is 12.9. The first-order valence-electron chi connectivity index (χ1n) is 8.34. The number of halogens is 1. The van der Waals surface area contributed by atoms with Crippen molar-refractivity contribution in [1.82, 2.24) is 14.7 Å². The highest BCUT2D eigenvalue weighted by atomic mass is 35.5. The highest BCUT2D eigenvalue weighted by Gasteiger charge is 2.46. The van der Waals surface area contributed by atoms with E-state index in [9.17, 15) is 14.4 Å². The molecule has 2 aliphatic heterocycles. The van der Waals surface area contributed by atoms with Crippen molar-refractivity contribution >= 4 is 29.3 Å². The van der Waals surface area contributed by atoms with Crippen LogP contribution in [0.5, 0.6) is 0 Å². The minimum Gasteiger partial charge on any atom is -0.345 e. The van der Waals surface area contributed by atoms with E-state index in [2.05, 4.69) is 0 Å². The quantitative estimate of drug-likeness (QED) is 0.759. The second-order valence-corrected chi connectivity index (χ2v) is 7.54. The molecule has 134 valence electrons. The molecule has 0 aliphatic carbocycles.